The Bertz CT molecular complexity index is 343. The molecule has 18 heavy (non-hydrogen) atoms. The topological polar surface area (TPSA) is 57.6 Å². The van der Waals surface area contributed by atoms with Gasteiger partial charge in [-0.25, -0.2) is 0 Å². The minimum Gasteiger partial charge on any atom is -0.481 e. The minimum absolute atomic E-state index is 0.0494. The molecule has 0 aromatic heterocycles. The van der Waals surface area contributed by atoms with E-state index < -0.39 is 11.4 Å². The van der Waals surface area contributed by atoms with Crippen LogP contribution in [0.15, 0.2) is 0 Å². The molecule has 0 aromatic rings. The normalized spacial score (nSPS) is 21.5. The first-order chi connectivity index (χ1) is 8.44. The lowest BCUT2D eigenvalue weighted by Crippen LogP contribution is -2.45. The lowest BCUT2D eigenvalue weighted by atomic mass is 9.66. The highest BCUT2D eigenvalue weighted by Crippen LogP contribution is 2.45. The summed E-state index contributed by atoms with van der Waals surface area (Å²) in [4.78, 5) is 25.6. The number of rotatable bonds is 6. The second-order valence-electron chi connectivity index (χ2n) is 6.29. The first kappa shape index (κ1) is 13.4. The fraction of sp³-hybridized carbons (Fsp3) is 0.857. The molecule has 0 bridgehead atoms. The molecule has 2 aliphatic carbocycles. The van der Waals surface area contributed by atoms with Gasteiger partial charge < -0.3 is 10.0 Å². The van der Waals surface area contributed by atoms with Crippen molar-refractivity contribution in [2.24, 2.45) is 11.3 Å². The third-order valence-corrected chi connectivity index (χ3v) is 4.12. The summed E-state index contributed by atoms with van der Waals surface area (Å²) < 4.78 is 0. The van der Waals surface area contributed by atoms with Gasteiger partial charge in [-0.3, -0.25) is 9.59 Å². The molecular weight excluding hydrogens is 230 g/mol. The SMILES string of the molecule is CC(C)CN(C(=O)CC1(C(=O)O)CCC1)C1CC1. The highest BCUT2D eigenvalue weighted by atomic mass is 16.4. The van der Waals surface area contributed by atoms with Crippen molar-refractivity contribution in [1.29, 1.82) is 0 Å². The van der Waals surface area contributed by atoms with Gasteiger partial charge in [0.25, 0.3) is 0 Å². The molecule has 0 aromatic carbocycles. The lowest BCUT2D eigenvalue weighted by Gasteiger charge is -2.38. The molecule has 0 radical (unpaired) electrons. The van der Waals surface area contributed by atoms with Gasteiger partial charge in [-0.2, -0.15) is 0 Å². The van der Waals surface area contributed by atoms with Crippen molar-refractivity contribution in [1.82, 2.24) is 4.90 Å². The fourth-order valence-electron chi connectivity index (χ4n) is 2.69. The summed E-state index contributed by atoms with van der Waals surface area (Å²) in [5.41, 5.74) is -0.749. The van der Waals surface area contributed by atoms with Gasteiger partial charge in [0.05, 0.1) is 5.41 Å². The van der Waals surface area contributed by atoms with E-state index in [1.54, 1.807) is 0 Å². The van der Waals surface area contributed by atoms with Gasteiger partial charge in [-0.05, 0) is 31.6 Å². The first-order valence-electron chi connectivity index (χ1n) is 6.97. The summed E-state index contributed by atoms with van der Waals surface area (Å²) in [5, 5.41) is 9.28. The first-order valence-corrected chi connectivity index (χ1v) is 6.97. The number of carboxylic acid groups (broad SMARTS) is 1. The zero-order valence-electron chi connectivity index (χ0n) is 11.3. The Labute approximate surface area is 108 Å². The standard InChI is InChI=1S/C14H23NO3/c1-10(2)9-15(11-4-5-11)12(16)8-14(13(17)18)6-3-7-14/h10-11H,3-9H2,1-2H3,(H,17,18). The van der Waals surface area contributed by atoms with Crippen molar-refractivity contribution >= 4 is 11.9 Å². The molecule has 0 atom stereocenters. The van der Waals surface area contributed by atoms with Gasteiger partial charge in [0.1, 0.15) is 0 Å². The second-order valence-corrected chi connectivity index (χ2v) is 6.29. The van der Waals surface area contributed by atoms with Crippen molar-refractivity contribution < 1.29 is 14.7 Å². The Balaban J connectivity index is 1.98. The van der Waals surface area contributed by atoms with E-state index in [9.17, 15) is 14.7 Å². The smallest absolute Gasteiger partial charge is 0.310 e. The molecule has 0 unspecified atom stereocenters. The fourth-order valence-corrected chi connectivity index (χ4v) is 2.69. The van der Waals surface area contributed by atoms with Crippen molar-refractivity contribution in [3.05, 3.63) is 0 Å². The molecule has 2 aliphatic rings. The Morgan fingerprint density at radius 1 is 1.33 bits per heavy atom. The van der Waals surface area contributed by atoms with Crippen LogP contribution in [-0.4, -0.2) is 34.5 Å². The van der Waals surface area contributed by atoms with Crippen molar-refractivity contribution in [3.63, 3.8) is 0 Å². The number of nitrogens with zero attached hydrogens (tertiary/aromatic N) is 1. The van der Waals surface area contributed by atoms with Gasteiger partial charge in [0.15, 0.2) is 0 Å². The molecule has 0 aliphatic heterocycles. The van der Waals surface area contributed by atoms with Crippen LogP contribution in [0, 0.1) is 11.3 Å². The molecule has 1 amide bonds. The zero-order valence-corrected chi connectivity index (χ0v) is 11.3. The van der Waals surface area contributed by atoms with Crippen LogP contribution in [0.25, 0.3) is 0 Å². The van der Waals surface area contributed by atoms with Gasteiger partial charge in [-0.1, -0.05) is 20.3 Å². The van der Waals surface area contributed by atoms with E-state index >= 15 is 0 Å². The molecule has 0 saturated heterocycles. The number of carbonyl (C=O) groups is 2. The van der Waals surface area contributed by atoms with Crippen LogP contribution in [0.2, 0.25) is 0 Å². The highest BCUT2D eigenvalue weighted by molar-refractivity contribution is 5.86. The molecule has 0 spiro atoms. The van der Waals surface area contributed by atoms with Gasteiger partial charge in [0, 0.05) is 19.0 Å². The number of carbonyl (C=O) groups excluding carboxylic acids is 1. The van der Waals surface area contributed by atoms with E-state index in [4.69, 9.17) is 0 Å². The predicted octanol–water partition coefficient (Wildman–Crippen LogP) is 2.28. The third-order valence-electron chi connectivity index (χ3n) is 4.12. The average Bonchev–Trinajstić information content (AvgIpc) is 3.02. The predicted molar refractivity (Wildman–Crippen MR) is 68.1 cm³/mol. The molecule has 4 heteroatoms. The maximum Gasteiger partial charge on any atom is 0.310 e. The largest absolute Gasteiger partial charge is 0.481 e. The van der Waals surface area contributed by atoms with E-state index in [2.05, 4.69) is 13.8 Å². The molecule has 1 N–H and O–H groups in total. The summed E-state index contributed by atoms with van der Waals surface area (Å²) in [6.07, 6.45) is 4.62. The monoisotopic (exact) mass is 253 g/mol. The van der Waals surface area contributed by atoms with Crippen molar-refractivity contribution in [3.8, 4) is 0 Å². The number of hydrogen-bond acceptors (Lipinski definition) is 2. The van der Waals surface area contributed by atoms with Crippen LogP contribution in [0.4, 0.5) is 0 Å². The molecule has 0 heterocycles. The van der Waals surface area contributed by atoms with Crippen LogP contribution in [0.5, 0.6) is 0 Å². The number of amides is 1. The lowest BCUT2D eigenvalue weighted by molar-refractivity contribution is -0.159. The van der Waals surface area contributed by atoms with Crippen molar-refractivity contribution in [2.75, 3.05) is 6.54 Å². The molecular formula is C14H23NO3. The van der Waals surface area contributed by atoms with E-state index in [-0.39, 0.29) is 12.3 Å². The number of carboxylic acids is 1. The molecule has 4 nitrogen and oxygen atoms in total. The average molecular weight is 253 g/mol. The van der Waals surface area contributed by atoms with E-state index in [0.717, 1.165) is 25.8 Å². The van der Waals surface area contributed by atoms with Gasteiger partial charge in [-0.15, -0.1) is 0 Å². The summed E-state index contributed by atoms with van der Waals surface area (Å²) in [5.74, 6) is -0.299. The van der Waals surface area contributed by atoms with Crippen LogP contribution in [-0.2, 0) is 9.59 Å². The van der Waals surface area contributed by atoms with Gasteiger partial charge >= 0.3 is 5.97 Å². The molecule has 102 valence electrons. The highest BCUT2D eigenvalue weighted by Gasteiger charge is 2.47. The number of aliphatic carboxylic acids is 1. The molecule has 2 rings (SSSR count). The second kappa shape index (κ2) is 4.90. The zero-order chi connectivity index (χ0) is 13.3. The maximum atomic E-state index is 12.3. The third kappa shape index (κ3) is 2.68. The Morgan fingerprint density at radius 3 is 2.28 bits per heavy atom. The molecule has 2 saturated carbocycles. The Morgan fingerprint density at radius 2 is 1.94 bits per heavy atom. The molecule has 2 fully saturated rings. The minimum atomic E-state index is -0.789. The van der Waals surface area contributed by atoms with Crippen molar-refractivity contribution in [2.45, 2.75) is 58.4 Å². The van der Waals surface area contributed by atoms with E-state index in [1.807, 2.05) is 4.90 Å². The summed E-state index contributed by atoms with van der Waals surface area (Å²) in [6.45, 7) is 4.96. The maximum absolute atomic E-state index is 12.3. The van der Waals surface area contributed by atoms with E-state index in [0.29, 0.717) is 24.8 Å². The summed E-state index contributed by atoms with van der Waals surface area (Å²) in [6, 6.07) is 0.380. The van der Waals surface area contributed by atoms with Crippen LogP contribution >= 0.6 is 0 Å². The van der Waals surface area contributed by atoms with E-state index in [1.165, 1.54) is 0 Å². The summed E-state index contributed by atoms with van der Waals surface area (Å²) >= 11 is 0. The summed E-state index contributed by atoms with van der Waals surface area (Å²) in [7, 11) is 0. The van der Waals surface area contributed by atoms with Gasteiger partial charge in [0.2, 0.25) is 5.91 Å². The quantitative estimate of drug-likeness (QED) is 0.790. The van der Waals surface area contributed by atoms with Crippen LogP contribution in [0.1, 0.15) is 52.4 Å². The van der Waals surface area contributed by atoms with Crippen LogP contribution < -0.4 is 0 Å². The Hall–Kier alpha value is -1.06. The number of hydrogen-bond donors (Lipinski definition) is 1. The Kier molecular flexibility index (Phi) is 3.64. The van der Waals surface area contributed by atoms with Crippen LogP contribution in [0.3, 0.4) is 0 Å².